The molecule has 1 aromatic rings. The molecule has 17 heavy (non-hydrogen) atoms. The topological polar surface area (TPSA) is 24.5 Å². The summed E-state index contributed by atoms with van der Waals surface area (Å²) in [4.78, 5) is 2.16. The van der Waals surface area contributed by atoms with Crippen LogP contribution in [0.5, 0.6) is 5.75 Å². The minimum atomic E-state index is 0.622. The van der Waals surface area contributed by atoms with E-state index in [0.717, 1.165) is 24.5 Å². The predicted molar refractivity (Wildman–Crippen MR) is 73.7 cm³/mol. The Labute approximate surface area is 105 Å². The Morgan fingerprint density at radius 1 is 1.29 bits per heavy atom. The molecule has 0 aliphatic carbocycles. The molecule has 0 bridgehead atoms. The van der Waals surface area contributed by atoms with Gasteiger partial charge in [0.2, 0.25) is 0 Å². The van der Waals surface area contributed by atoms with Crippen LogP contribution in [-0.2, 0) is 6.54 Å². The third kappa shape index (κ3) is 4.65. The standard InChI is InChI=1S/C14H24N2O/c1-11(2)9-15-13-8-12(10-16(3)4)6-7-14(13)17-5/h6-8,11,15H,9-10H2,1-5H3. The van der Waals surface area contributed by atoms with E-state index in [-0.39, 0.29) is 0 Å². The lowest BCUT2D eigenvalue weighted by Crippen LogP contribution is -2.12. The number of rotatable bonds is 6. The van der Waals surface area contributed by atoms with Crippen molar-refractivity contribution in [2.75, 3.05) is 33.1 Å². The second-order valence-corrected chi connectivity index (χ2v) is 5.05. The Morgan fingerprint density at radius 3 is 2.53 bits per heavy atom. The van der Waals surface area contributed by atoms with Gasteiger partial charge in [0, 0.05) is 13.1 Å². The van der Waals surface area contributed by atoms with E-state index in [1.54, 1.807) is 7.11 Å². The van der Waals surface area contributed by atoms with Crippen molar-refractivity contribution >= 4 is 5.69 Å². The molecule has 0 atom stereocenters. The Balaban J connectivity index is 2.82. The van der Waals surface area contributed by atoms with Crippen LogP contribution in [0.1, 0.15) is 19.4 Å². The third-order valence-electron chi connectivity index (χ3n) is 2.46. The molecule has 0 aliphatic heterocycles. The molecule has 0 saturated carbocycles. The first-order chi connectivity index (χ1) is 8.02. The molecule has 0 fully saturated rings. The van der Waals surface area contributed by atoms with Crippen LogP contribution in [-0.4, -0.2) is 32.6 Å². The third-order valence-corrected chi connectivity index (χ3v) is 2.46. The maximum Gasteiger partial charge on any atom is 0.141 e. The van der Waals surface area contributed by atoms with Crippen LogP contribution in [0.4, 0.5) is 5.69 Å². The minimum absolute atomic E-state index is 0.622. The summed E-state index contributed by atoms with van der Waals surface area (Å²) in [6, 6.07) is 6.31. The monoisotopic (exact) mass is 236 g/mol. The number of hydrogen-bond donors (Lipinski definition) is 1. The second-order valence-electron chi connectivity index (χ2n) is 5.05. The summed E-state index contributed by atoms with van der Waals surface area (Å²) in [5.41, 5.74) is 2.38. The molecule has 3 nitrogen and oxygen atoms in total. The SMILES string of the molecule is COc1ccc(CN(C)C)cc1NCC(C)C. The minimum Gasteiger partial charge on any atom is -0.495 e. The zero-order valence-corrected chi connectivity index (χ0v) is 11.6. The van der Waals surface area contributed by atoms with Gasteiger partial charge in [-0.25, -0.2) is 0 Å². The van der Waals surface area contributed by atoms with Gasteiger partial charge in [-0.3, -0.25) is 0 Å². The normalized spacial score (nSPS) is 11.0. The number of ether oxygens (including phenoxy) is 1. The average molecular weight is 236 g/mol. The van der Waals surface area contributed by atoms with Crippen LogP contribution < -0.4 is 10.1 Å². The molecule has 0 aromatic heterocycles. The second kappa shape index (κ2) is 6.50. The zero-order chi connectivity index (χ0) is 12.8. The van der Waals surface area contributed by atoms with E-state index in [1.807, 2.05) is 6.07 Å². The molecule has 0 amide bonds. The number of nitrogens with zero attached hydrogens (tertiary/aromatic N) is 1. The number of methoxy groups -OCH3 is 1. The van der Waals surface area contributed by atoms with E-state index in [0.29, 0.717) is 5.92 Å². The van der Waals surface area contributed by atoms with Crippen molar-refractivity contribution < 1.29 is 4.74 Å². The highest BCUT2D eigenvalue weighted by molar-refractivity contribution is 5.58. The lowest BCUT2D eigenvalue weighted by atomic mass is 10.1. The summed E-state index contributed by atoms with van der Waals surface area (Å²) in [5.74, 6) is 1.53. The highest BCUT2D eigenvalue weighted by Gasteiger charge is 2.05. The van der Waals surface area contributed by atoms with Crippen LogP contribution in [0.15, 0.2) is 18.2 Å². The van der Waals surface area contributed by atoms with Gasteiger partial charge < -0.3 is 15.0 Å². The van der Waals surface area contributed by atoms with Crippen molar-refractivity contribution in [2.45, 2.75) is 20.4 Å². The Hall–Kier alpha value is -1.22. The van der Waals surface area contributed by atoms with Gasteiger partial charge in [0.1, 0.15) is 5.75 Å². The molecule has 1 N–H and O–H groups in total. The first-order valence-electron chi connectivity index (χ1n) is 6.08. The molecule has 0 radical (unpaired) electrons. The first-order valence-corrected chi connectivity index (χ1v) is 6.08. The largest absolute Gasteiger partial charge is 0.495 e. The molecule has 0 aliphatic rings. The fourth-order valence-corrected chi connectivity index (χ4v) is 1.67. The van der Waals surface area contributed by atoms with Crippen molar-refractivity contribution in [1.29, 1.82) is 0 Å². The summed E-state index contributed by atoms with van der Waals surface area (Å²) in [6.07, 6.45) is 0. The van der Waals surface area contributed by atoms with E-state index >= 15 is 0 Å². The fourth-order valence-electron chi connectivity index (χ4n) is 1.67. The van der Waals surface area contributed by atoms with Gasteiger partial charge in [-0.15, -0.1) is 0 Å². The molecule has 0 unspecified atom stereocenters. The number of hydrogen-bond acceptors (Lipinski definition) is 3. The first kappa shape index (κ1) is 13.8. The highest BCUT2D eigenvalue weighted by atomic mass is 16.5. The summed E-state index contributed by atoms with van der Waals surface area (Å²) in [7, 11) is 5.86. The molecule has 96 valence electrons. The maximum absolute atomic E-state index is 5.36. The van der Waals surface area contributed by atoms with Crippen LogP contribution >= 0.6 is 0 Å². The number of benzene rings is 1. The van der Waals surface area contributed by atoms with E-state index < -0.39 is 0 Å². The van der Waals surface area contributed by atoms with Crippen molar-refractivity contribution in [3.8, 4) is 5.75 Å². The molecule has 1 rings (SSSR count). The molecule has 0 spiro atoms. The van der Waals surface area contributed by atoms with Gasteiger partial charge in [0.25, 0.3) is 0 Å². The molecular weight excluding hydrogens is 212 g/mol. The number of anilines is 1. The average Bonchev–Trinajstić information content (AvgIpc) is 2.25. The van der Waals surface area contributed by atoms with Crippen molar-refractivity contribution in [3.63, 3.8) is 0 Å². The number of nitrogens with one attached hydrogen (secondary N) is 1. The Bertz CT molecular complexity index is 348. The van der Waals surface area contributed by atoms with Crippen LogP contribution in [0.3, 0.4) is 0 Å². The van der Waals surface area contributed by atoms with E-state index in [9.17, 15) is 0 Å². The molecular formula is C14H24N2O. The summed E-state index contributed by atoms with van der Waals surface area (Å²) >= 11 is 0. The van der Waals surface area contributed by atoms with E-state index in [1.165, 1.54) is 5.56 Å². The Morgan fingerprint density at radius 2 is 2.00 bits per heavy atom. The van der Waals surface area contributed by atoms with E-state index in [4.69, 9.17) is 4.74 Å². The van der Waals surface area contributed by atoms with Gasteiger partial charge in [-0.05, 0) is 37.7 Å². The van der Waals surface area contributed by atoms with Gasteiger partial charge in [0.05, 0.1) is 12.8 Å². The molecule has 1 aromatic carbocycles. The fraction of sp³-hybridized carbons (Fsp3) is 0.571. The predicted octanol–water partition coefficient (Wildman–Crippen LogP) is 2.82. The van der Waals surface area contributed by atoms with Crippen LogP contribution in [0.25, 0.3) is 0 Å². The smallest absolute Gasteiger partial charge is 0.141 e. The maximum atomic E-state index is 5.36. The van der Waals surface area contributed by atoms with Crippen LogP contribution in [0.2, 0.25) is 0 Å². The van der Waals surface area contributed by atoms with Gasteiger partial charge in [-0.2, -0.15) is 0 Å². The van der Waals surface area contributed by atoms with Gasteiger partial charge >= 0.3 is 0 Å². The summed E-state index contributed by atoms with van der Waals surface area (Å²) in [6.45, 7) is 6.30. The van der Waals surface area contributed by atoms with Crippen molar-refractivity contribution in [2.24, 2.45) is 5.92 Å². The zero-order valence-electron chi connectivity index (χ0n) is 11.6. The quantitative estimate of drug-likeness (QED) is 0.822. The van der Waals surface area contributed by atoms with Crippen molar-refractivity contribution in [1.82, 2.24) is 4.90 Å². The van der Waals surface area contributed by atoms with Crippen molar-refractivity contribution in [3.05, 3.63) is 23.8 Å². The van der Waals surface area contributed by atoms with Crippen LogP contribution in [0, 0.1) is 5.92 Å². The molecule has 3 heteroatoms. The summed E-state index contributed by atoms with van der Waals surface area (Å²) < 4.78 is 5.36. The van der Waals surface area contributed by atoms with E-state index in [2.05, 4.69) is 50.3 Å². The van der Waals surface area contributed by atoms with Gasteiger partial charge in [0.15, 0.2) is 0 Å². The summed E-state index contributed by atoms with van der Waals surface area (Å²) in [5, 5.41) is 3.43. The lowest BCUT2D eigenvalue weighted by molar-refractivity contribution is 0.400. The lowest BCUT2D eigenvalue weighted by Gasteiger charge is -2.16. The highest BCUT2D eigenvalue weighted by Crippen LogP contribution is 2.26. The molecule has 0 saturated heterocycles. The van der Waals surface area contributed by atoms with Gasteiger partial charge in [-0.1, -0.05) is 19.9 Å². The Kier molecular flexibility index (Phi) is 5.29. The molecule has 0 heterocycles.